The molecular formula is C23H26N4O3S. The van der Waals surface area contributed by atoms with E-state index in [-0.39, 0.29) is 5.91 Å². The summed E-state index contributed by atoms with van der Waals surface area (Å²) >= 11 is 1.44. The zero-order valence-electron chi connectivity index (χ0n) is 17.8. The fraction of sp³-hybridized carbons (Fsp3) is 0.348. The quantitative estimate of drug-likeness (QED) is 0.597. The van der Waals surface area contributed by atoms with Crippen molar-refractivity contribution in [2.75, 3.05) is 32.2 Å². The number of anilines is 1. The number of carbonyl (C=O) groups excluding carboxylic acids is 1. The monoisotopic (exact) mass is 438 g/mol. The summed E-state index contributed by atoms with van der Waals surface area (Å²) in [6.07, 6.45) is 5.57. The normalized spacial score (nSPS) is 13.7. The summed E-state index contributed by atoms with van der Waals surface area (Å²) in [7, 11) is 3.20. The molecule has 4 rings (SSSR count). The van der Waals surface area contributed by atoms with Gasteiger partial charge in [-0.25, -0.2) is 9.97 Å². The maximum Gasteiger partial charge on any atom is 0.271 e. The van der Waals surface area contributed by atoms with Crippen molar-refractivity contribution in [3.8, 4) is 22.1 Å². The number of pyridine rings is 1. The van der Waals surface area contributed by atoms with E-state index in [4.69, 9.17) is 9.47 Å². The highest BCUT2D eigenvalue weighted by molar-refractivity contribution is 7.13. The molecule has 0 aliphatic carbocycles. The average molecular weight is 439 g/mol. The molecule has 0 unspecified atom stereocenters. The van der Waals surface area contributed by atoms with E-state index in [0.29, 0.717) is 23.7 Å². The van der Waals surface area contributed by atoms with E-state index >= 15 is 0 Å². The minimum atomic E-state index is -0.224. The third kappa shape index (κ3) is 4.96. The highest BCUT2D eigenvalue weighted by Gasteiger charge is 2.15. The Bertz CT molecular complexity index is 1030. The van der Waals surface area contributed by atoms with Crippen molar-refractivity contribution in [3.63, 3.8) is 0 Å². The SMILES string of the molecule is COc1ccc(CNC(=O)c2csc(-c3ccc(N4CCCCC4)nc3)n2)c(OC)c1. The van der Waals surface area contributed by atoms with Gasteiger partial charge in [-0.3, -0.25) is 4.79 Å². The molecule has 3 aromatic rings. The molecule has 1 fully saturated rings. The van der Waals surface area contributed by atoms with Crippen LogP contribution in [-0.2, 0) is 6.54 Å². The third-order valence-electron chi connectivity index (χ3n) is 5.35. The lowest BCUT2D eigenvalue weighted by atomic mass is 10.1. The van der Waals surface area contributed by atoms with Gasteiger partial charge in [0.2, 0.25) is 0 Å². The number of methoxy groups -OCH3 is 2. The van der Waals surface area contributed by atoms with Crippen molar-refractivity contribution in [3.05, 3.63) is 53.2 Å². The lowest BCUT2D eigenvalue weighted by Gasteiger charge is -2.27. The van der Waals surface area contributed by atoms with Gasteiger partial charge in [0.05, 0.1) is 14.2 Å². The van der Waals surface area contributed by atoms with E-state index < -0.39 is 0 Å². The molecule has 7 nitrogen and oxygen atoms in total. The van der Waals surface area contributed by atoms with E-state index in [1.54, 1.807) is 25.7 Å². The number of piperidine rings is 1. The second-order valence-corrected chi connectivity index (χ2v) is 8.21. The van der Waals surface area contributed by atoms with Crippen LogP contribution in [0.25, 0.3) is 10.6 Å². The Morgan fingerprint density at radius 3 is 2.68 bits per heavy atom. The summed E-state index contributed by atoms with van der Waals surface area (Å²) in [6.45, 7) is 2.46. The zero-order chi connectivity index (χ0) is 21.6. The number of carbonyl (C=O) groups is 1. The maximum absolute atomic E-state index is 12.6. The molecule has 1 N–H and O–H groups in total. The second-order valence-electron chi connectivity index (χ2n) is 7.35. The molecule has 2 aromatic heterocycles. The molecule has 162 valence electrons. The molecule has 0 atom stereocenters. The van der Waals surface area contributed by atoms with Gasteiger partial charge in [-0.05, 0) is 43.5 Å². The fourth-order valence-electron chi connectivity index (χ4n) is 3.60. The van der Waals surface area contributed by atoms with Gasteiger partial charge in [0.1, 0.15) is 28.0 Å². The molecule has 3 heterocycles. The van der Waals surface area contributed by atoms with Crippen LogP contribution < -0.4 is 19.7 Å². The topological polar surface area (TPSA) is 76.6 Å². The number of nitrogens with one attached hydrogen (secondary N) is 1. The highest BCUT2D eigenvalue weighted by Crippen LogP contribution is 2.27. The number of hydrogen-bond acceptors (Lipinski definition) is 7. The number of amides is 1. The van der Waals surface area contributed by atoms with Crippen LogP contribution in [0.2, 0.25) is 0 Å². The third-order valence-corrected chi connectivity index (χ3v) is 6.24. The van der Waals surface area contributed by atoms with Crippen LogP contribution in [0.4, 0.5) is 5.82 Å². The first kappa shape index (κ1) is 21.1. The minimum Gasteiger partial charge on any atom is -0.497 e. The van der Waals surface area contributed by atoms with Crippen molar-refractivity contribution in [1.82, 2.24) is 15.3 Å². The first-order chi connectivity index (χ1) is 15.2. The number of rotatable bonds is 7. The Hall–Kier alpha value is -3.13. The van der Waals surface area contributed by atoms with Crippen molar-refractivity contribution < 1.29 is 14.3 Å². The van der Waals surface area contributed by atoms with Gasteiger partial charge in [0, 0.05) is 48.4 Å². The van der Waals surface area contributed by atoms with E-state index in [2.05, 4.69) is 20.2 Å². The molecule has 8 heteroatoms. The summed E-state index contributed by atoms with van der Waals surface area (Å²) < 4.78 is 10.6. The molecule has 1 aliphatic rings. The average Bonchev–Trinajstić information content (AvgIpc) is 3.33. The molecule has 31 heavy (non-hydrogen) atoms. The first-order valence-electron chi connectivity index (χ1n) is 10.3. The van der Waals surface area contributed by atoms with Gasteiger partial charge in [0.15, 0.2) is 0 Å². The second kappa shape index (κ2) is 9.78. The molecule has 0 saturated carbocycles. The molecule has 1 aliphatic heterocycles. The minimum absolute atomic E-state index is 0.224. The van der Waals surface area contributed by atoms with Crippen molar-refractivity contribution in [2.24, 2.45) is 0 Å². The van der Waals surface area contributed by atoms with E-state index in [1.165, 1.54) is 30.6 Å². The number of benzene rings is 1. The van der Waals surface area contributed by atoms with Crippen LogP contribution in [0, 0.1) is 0 Å². The Morgan fingerprint density at radius 1 is 1.13 bits per heavy atom. The van der Waals surface area contributed by atoms with Gasteiger partial charge in [-0.15, -0.1) is 11.3 Å². The fourth-order valence-corrected chi connectivity index (χ4v) is 4.39. The Kier molecular flexibility index (Phi) is 6.66. The van der Waals surface area contributed by atoms with Crippen molar-refractivity contribution >= 4 is 23.1 Å². The molecule has 0 spiro atoms. The van der Waals surface area contributed by atoms with Crippen LogP contribution in [0.1, 0.15) is 35.3 Å². The summed E-state index contributed by atoms with van der Waals surface area (Å²) in [5, 5.41) is 5.46. The van der Waals surface area contributed by atoms with Crippen LogP contribution in [0.3, 0.4) is 0 Å². The van der Waals surface area contributed by atoms with E-state index in [0.717, 1.165) is 35.0 Å². The first-order valence-corrected chi connectivity index (χ1v) is 11.2. The summed E-state index contributed by atoms with van der Waals surface area (Å²) in [6, 6.07) is 9.58. The number of thiazole rings is 1. The van der Waals surface area contributed by atoms with Gasteiger partial charge in [0.25, 0.3) is 5.91 Å². The lowest BCUT2D eigenvalue weighted by Crippen LogP contribution is -2.29. The smallest absolute Gasteiger partial charge is 0.271 e. The van der Waals surface area contributed by atoms with Crippen molar-refractivity contribution in [1.29, 1.82) is 0 Å². The predicted molar refractivity (Wildman–Crippen MR) is 122 cm³/mol. The van der Waals surface area contributed by atoms with Crippen LogP contribution >= 0.6 is 11.3 Å². The number of hydrogen-bond donors (Lipinski definition) is 1. The van der Waals surface area contributed by atoms with E-state index in [1.807, 2.05) is 30.5 Å². The van der Waals surface area contributed by atoms with Crippen LogP contribution in [0.15, 0.2) is 41.9 Å². The van der Waals surface area contributed by atoms with Gasteiger partial charge in [-0.1, -0.05) is 0 Å². The summed E-state index contributed by atoms with van der Waals surface area (Å²) in [5.74, 6) is 2.15. The number of ether oxygens (including phenoxy) is 2. The Balaban J connectivity index is 1.39. The molecule has 0 bridgehead atoms. The number of nitrogens with zero attached hydrogens (tertiary/aromatic N) is 3. The zero-order valence-corrected chi connectivity index (χ0v) is 18.6. The molecular weight excluding hydrogens is 412 g/mol. The highest BCUT2D eigenvalue weighted by atomic mass is 32.1. The van der Waals surface area contributed by atoms with Crippen molar-refractivity contribution in [2.45, 2.75) is 25.8 Å². The lowest BCUT2D eigenvalue weighted by molar-refractivity contribution is 0.0946. The maximum atomic E-state index is 12.6. The molecule has 0 radical (unpaired) electrons. The van der Waals surface area contributed by atoms with Crippen LogP contribution in [0.5, 0.6) is 11.5 Å². The Morgan fingerprint density at radius 2 is 1.97 bits per heavy atom. The van der Waals surface area contributed by atoms with Gasteiger partial charge in [-0.2, -0.15) is 0 Å². The largest absolute Gasteiger partial charge is 0.497 e. The Labute approximate surface area is 186 Å². The number of aromatic nitrogens is 2. The summed E-state index contributed by atoms with van der Waals surface area (Å²) in [4.78, 5) is 24.0. The predicted octanol–water partition coefficient (Wildman–Crippen LogP) is 4.14. The standard InChI is InChI=1S/C23H26N4O3S/c1-29-18-8-6-16(20(12-18)30-2)13-25-22(28)19-15-31-23(26-19)17-7-9-21(24-14-17)27-10-4-3-5-11-27/h6-9,12,14-15H,3-5,10-11,13H2,1-2H3,(H,25,28). The molecule has 1 aromatic carbocycles. The van der Waals surface area contributed by atoms with Gasteiger partial charge >= 0.3 is 0 Å². The molecule has 1 amide bonds. The molecule has 1 saturated heterocycles. The van der Waals surface area contributed by atoms with E-state index in [9.17, 15) is 4.79 Å². The van der Waals surface area contributed by atoms with Crippen LogP contribution in [-0.4, -0.2) is 43.2 Å². The summed E-state index contributed by atoms with van der Waals surface area (Å²) in [5.41, 5.74) is 2.18. The van der Waals surface area contributed by atoms with Gasteiger partial charge < -0.3 is 19.7 Å².